The van der Waals surface area contributed by atoms with Gasteiger partial charge in [0.1, 0.15) is 5.69 Å². The Kier molecular flexibility index (Phi) is 4.73. The molecular formula is C19H17F3N2O2. The number of aliphatic hydroxyl groups excluding tert-OH is 1. The lowest BCUT2D eigenvalue weighted by molar-refractivity contribution is -0.137. The Morgan fingerprint density at radius 2 is 1.96 bits per heavy atom. The molecule has 0 saturated heterocycles. The number of carbonyl (C=O) groups is 1. The lowest BCUT2D eigenvalue weighted by Gasteiger charge is -2.18. The summed E-state index contributed by atoms with van der Waals surface area (Å²) in [4.78, 5) is 15.4. The Balaban J connectivity index is 1.84. The van der Waals surface area contributed by atoms with E-state index in [1.807, 2.05) is 25.1 Å². The third-order valence-corrected chi connectivity index (χ3v) is 4.13. The SMILES string of the molecule is Cc1ccc2cc(C(=O)NC(CO)c3cccc(C(F)(F)F)c3)[nH]c2c1. The van der Waals surface area contributed by atoms with Gasteiger partial charge in [0.15, 0.2) is 0 Å². The molecule has 4 nitrogen and oxygen atoms in total. The Morgan fingerprint density at radius 3 is 2.65 bits per heavy atom. The first-order valence-electron chi connectivity index (χ1n) is 7.96. The van der Waals surface area contributed by atoms with E-state index >= 15 is 0 Å². The van der Waals surface area contributed by atoms with Crippen LogP contribution in [0.4, 0.5) is 13.2 Å². The highest BCUT2D eigenvalue weighted by Crippen LogP contribution is 2.30. The molecule has 0 aliphatic carbocycles. The molecular weight excluding hydrogens is 345 g/mol. The Hall–Kier alpha value is -2.80. The summed E-state index contributed by atoms with van der Waals surface area (Å²) >= 11 is 0. The maximum atomic E-state index is 12.9. The van der Waals surface area contributed by atoms with E-state index in [1.165, 1.54) is 12.1 Å². The van der Waals surface area contributed by atoms with E-state index in [9.17, 15) is 23.1 Å². The van der Waals surface area contributed by atoms with Crippen LogP contribution in [0.2, 0.25) is 0 Å². The summed E-state index contributed by atoms with van der Waals surface area (Å²) in [5.41, 5.74) is 1.45. The number of hydrogen-bond donors (Lipinski definition) is 3. The quantitative estimate of drug-likeness (QED) is 0.658. The second kappa shape index (κ2) is 6.84. The van der Waals surface area contributed by atoms with Gasteiger partial charge in [0.05, 0.1) is 18.2 Å². The number of aromatic amines is 1. The number of hydrogen-bond acceptors (Lipinski definition) is 2. The van der Waals surface area contributed by atoms with Crippen LogP contribution in [0.15, 0.2) is 48.5 Å². The standard InChI is InChI=1S/C19H17F3N2O2/c1-11-5-6-13-9-16(23-15(13)7-11)18(26)24-17(10-25)12-3-2-4-14(8-12)19(20,21)22/h2-9,17,23,25H,10H2,1H3,(H,24,26). The maximum Gasteiger partial charge on any atom is 0.416 e. The van der Waals surface area contributed by atoms with Gasteiger partial charge in [0.2, 0.25) is 0 Å². The van der Waals surface area contributed by atoms with Gasteiger partial charge in [0, 0.05) is 10.9 Å². The van der Waals surface area contributed by atoms with Crippen LogP contribution in [0.25, 0.3) is 10.9 Å². The van der Waals surface area contributed by atoms with Gasteiger partial charge < -0.3 is 15.4 Å². The second-order valence-corrected chi connectivity index (χ2v) is 6.11. The van der Waals surface area contributed by atoms with Crippen molar-refractivity contribution < 1.29 is 23.1 Å². The monoisotopic (exact) mass is 362 g/mol. The average Bonchev–Trinajstić information content (AvgIpc) is 3.02. The van der Waals surface area contributed by atoms with Gasteiger partial charge >= 0.3 is 6.18 Å². The van der Waals surface area contributed by atoms with Crippen molar-refractivity contribution in [2.75, 3.05) is 6.61 Å². The molecule has 1 amide bonds. The number of carbonyl (C=O) groups excluding carboxylic acids is 1. The molecule has 3 rings (SSSR count). The van der Waals surface area contributed by atoms with Crippen LogP contribution in [0.1, 0.15) is 33.2 Å². The highest BCUT2D eigenvalue weighted by atomic mass is 19.4. The first-order chi connectivity index (χ1) is 12.3. The van der Waals surface area contributed by atoms with Gasteiger partial charge in [0.25, 0.3) is 5.91 Å². The third kappa shape index (κ3) is 3.72. The van der Waals surface area contributed by atoms with E-state index in [0.29, 0.717) is 0 Å². The predicted octanol–water partition coefficient (Wildman–Crippen LogP) is 3.96. The first-order valence-corrected chi connectivity index (χ1v) is 7.96. The number of amides is 1. The highest BCUT2D eigenvalue weighted by Gasteiger charge is 2.31. The normalized spacial score (nSPS) is 13.0. The van der Waals surface area contributed by atoms with Crippen molar-refractivity contribution in [3.05, 3.63) is 70.9 Å². The number of alkyl halides is 3. The number of nitrogens with one attached hydrogen (secondary N) is 2. The fourth-order valence-corrected chi connectivity index (χ4v) is 2.77. The Labute approximate surface area is 147 Å². The Bertz CT molecular complexity index is 947. The number of aliphatic hydroxyl groups is 1. The highest BCUT2D eigenvalue weighted by molar-refractivity contribution is 5.98. The summed E-state index contributed by atoms with van der Waals surface area (Å²) in [6.45, 7) is 1.40. The van der Waals surface area contributed by atoms with E-state index in [2.05, 4.69) is 10.3 Å². The molecule has 0 fully saturated rings. The number of aromatic nitrogens is 1. The molecule has 1 aromatic heterocycles. The molecule has 1 unspecified atom stereocenters. The van der Waals surface area contributed by atoms with Crippen molar-refractivity contribution >= 4 is 16.8 Å². The minimum atomic E-state index is -4.49. The van der Waals surface area contributed by atoms with Gasteiger partial charge in [-0.1, -0.05) is 24.3 Å². The molecule has 26 heavy (non-hydrogen) atoms. The summed E-state index contributed by atoms with van der Waals surface area (Å²) in [6.07, 6.45) is -4.49. The molecule has 1 atom stereocenters. The van der Waals surface area contributed by atoms with Crippen LogP contribution >= 0.6 is 0 Å². The Morgan fingerprint density at radius 1 is 1.19 bits per heavy atom. The van der Waals surface area contributed by atoms with E-state index in [4.69, 9.17) is 0 Å². The molecule has 0 bridgehead atoms. The van der Waals surface area contributed by atoms with Crippen LogP contribution < -0.4 is 5.32 Å². The molecule has 3 N–H and O–H groups in total. The number of benzene rings is 2. The van der Waals surface area contributed by atoms with E-state index < -0.39 is 30.3 Å². The number of fused-ring (bicyclic) bond motifs is 1. The van der Waals surface area contributed by atoms with Crippen molar-refractivity contribution in [2.24, 2.45) is 0 Å². The van der Waals surface area contributed by atoms with Crippen LogP contribution in [0.3, 0.4) is 0 Å². The van der Waals surface area contributed by atoms with Crippen LogP contribution in [0.5, 0.6) is 0 Å². The van der Waals surface area contributed by atoms with E-state index in [1.54, 1.807) is 6.07 Å². The second-order valence-electron chi connectivity index (χ2n) is 6.11. The summed E-state index contributed by atoms with van der Waals surface area (Å²) in [7, 11) is 0. The molecule has 2 aromatic carbocycles. The smallest absolute Gasteiger partial charge is 0.394 e. The van der Waals surface area contributed by atoms with Crippen molar-refractivity contribution in [3.8, 4) is 0 Å². The molecule has 0 radical (unpaired) electrons. The zero-order valence-corrected chi connectivity index (χ0v) is 13.9. The van der Waals surface area contributed by atoms with Crippen molar-refractivity contribution in [1.29, 1.82) is 0 Å². The van der Waals surface area contributed by atoms with Crippen molar-refractivity contribution in [3.63, 3.8) is 0 Å². The predicted molar refractivity (Wildman–Crippen MR) is 91.8 cm³/mol. The number of halogens is 3. The lowest BCUT2D eigenvalue weighted by Crippen LogP contribution is -2.31. The third-order valence-electron chi connectivity index (χ3n) is 4.13. The van der Waals surface area contributed by atoms with Gasteiger partial charge in [-0.05, 0) is 42.3 Å². The van der Waals surface area contributed by atoms with Gasteiger partial charge in [-0.3, -0.25) is 4.79 Å². The summed E-state index contributed by atoms with van der Waals surface area (Å²) < 4.78 is 38.6. The van der Waals surface area contributed by atoms with Crippen LogP contribution in [0, 0.1) is 6.92 Å². The zero-order chi connectivity index (χ0) is 18.9. The molecule has 7 heteroatoms. The zero-order valence-electron chi connectivity index (χ0n) is 13.9. The lowest BCUT2D eigenvalue weighted by atomic mass is 10.0. The molecule has 3 aromatic rings. The minimum Gasteiger partial charge on any atom is -0.394 e. The number of H-pyrrole nitrogens is 1. The average molecular weight is 362 g/mol. The maximum absolute atomic E-state index is 12.9. The molecule has 1 heterocycles. The number of rotatable bonds is 4. The van der Waals surface area contributed by atoms with Crippen molar-refractivity contribution in [2.45, 2.75) is 19.1 Å². The summed E-state index contributed by atoms with van der Waals surface area (Å²) in [5.74, 6) is -0.504. The summed E-state index contributed by atoms with van der Waals surface area (Å²) in [6, 6.07) is 10.9. The van der Waals surface area contributed by atoms with Gasteiger partial charge in [-0.25, -0.2) is 0 Å². The first kappa shape index (κ1) is 18.0. The largest absolute Gasteiger partial charge is 0.416 e. The van der Waals surface area contributed by atoms with Crippen LogP contribution in [-0.2, 0) is 6.18 Å². The number of aryl methyl sites for hydroxylation is 1. The molecule has 0 saturated carbocycles. The molecule has 0 spiro atoms. The fourth-order valence-electron chi connectivity index (χ4n) is 2.77. The van der Waals surface area contributed by atoms with Crippen molar-refractivity contribution in [1.82, 2.24) is 10.3 Å². The summed E-state index contributed by atoms with van der Waals surface area (Å²) in [5, 5.41) is 13.0. The fraction of sp³-hybridized carbons (Fsp3) is 0.211. The van der Waals surface area contributed by atoms with E-state index in [0.717, 1.165) is 28.6 Å². The molecule has 0 aliphatic heterocycles. The van der Waals surface area contributed by atoms with Gasteiger partial charge in [-0.15, -0.1) is 0 Å². The molecule has 0 aliphatic rings. The van der Waals surface area contributed by atoms with Gasteiger partial charge in [-0.2, -0.15) is 13.2 Å². The molecule has 136 valence electrons. The topological polar surface area (TPSA) is 65.1 Å². The minimum absolute atomic E-state index is 0.183. The van der Waals surface area contributed by atoms with E-state index in [-0.39, 0.29) is 11.3 Å². The van der Waals surface area contributed by atoms with Crippen LogP contribution in [-0.4, -0.2) is 22.6 Å².